The molecule has 1 heterocycles. The van der Waals surface area contributed by atoms with Crippen molar-refractivity contribution in [3.8, 4) is 0 Å². The highest BCUT2D eigenvalue weighted by Crippen LogP contribution is 2.24. The lowest BCUT2D eigenvalue weighted by Gasteiger charge is -2.40. The van der Waals surface area contributed by atoms with Crippen molar-refractivity contribution in [3.05, 3.63) is 12.2 Å². The summed E-state index contributed by atoms with van der Waals surface area (Å²) in [7, 11) is 0. The zero-order valence-electron chi connectivity index (χ0n) is 56.1. The molecule has 1 fully saturated rings. The average molecular weight is 1210 g/mol. The predicted molar refractivity (Wildman–Crippen MR) is 358 cm³/mol. The Morgan fingerprint density at radius 3 is 1.01 bits per heavy atom. The zero-order valence-corrected chi connectivity index (χ0v) is 56.1. The molecule has 1 aliphatic rings. The van der Waals surface area contributed by atoms with Gasteiger partial charge in [0.25, 0.3) is 0 Å². The van der Waals surface area contributed by atoms with Crippen LogP contribution in [-0.4, -0.2) is 110 Å². The molecule has 11 heteroatoms. The molecule has 0 aliphatic carbocycles. The summed E-state index contributed by atoms with van der Waals surface area (Å²) in [5, 5.41) is 76.6. The Bertz CT molecular complexity index is 1390. The van der Waals surface area contributed by atoms with E-state index in [1.165, 1.54) is 315 Å². The van der Waals surface area contributed by atoms with Crippen molar-refractivity contribution in [2.75, 3.05) is 13.2 Å². The molecule has 0 bridgehead atoms. The average Bonchev–Trinajstić information content (AvgIpc) is 3.67. The minimum Gasteiger partial charge on any atom is -0.394 e. The third kappa shape index (κ3) is 50.2. The lowest BCUT2D eigenvalue weighted by molar-refractivity contribution is -0.303. The van der Waals surface area contributed by atoms with Crippen molar-refractivity contribution in [1.29, 1.82) is 0 Å². The van der Waals surface area contributed by atoms with Crippen LogP contribution >= 0.6 is 0 Å². The van der Waals surface area contributed by atoms with E-state index in [0.717, 1.165) is 32.1 Å². The van der Waals surface area contributed by atoms with E-state index in [1.807, 2.05) is 0 Å². The van der Waals surface area contributed by atoms with Gasteiger partial charge in [-0.05, 0) is 38.5 Å². The third-order valence-corrected chi connectivity index (χ3v) is 18.6. The molecule has 0 aromatic heterocycles. The van der Waals surface area contributed by atoms with Gasteiger partial charge in [0.15, 0.2) is 6.29 Å². The predicted octanol–water partition coefficient (Wildman–Crippen LogP) is 18.6. The van der Waals surface area contributed by atoms with Crippen LogP contribution in [0.3, 0.4) is 0 Å². The van der Waals surface area contributed by atoms with Crippen LogP contribution in [0.25, 0.3) is 0 Å². The fourth-order valence-corrected chi connectivity index (χ4v) is 12.6. The molecule has 0 aromatic carbocycles. The molecule has 11 nitrogen and oxygen atoms in total. The molecule has 1 saturated heterocycles. The topological polar surface area (TPSA) is 189 Å². The number of carbonyl (C=O) groups is 1. The van der Waals surface area contributed by atoms with Gasteiger partial charge in [-0.3, -0.25) is 4.79 Å². The molecule has 1 rings (SSSR count). The van der Waals surface area contributed by atoms with Gasteiger partial charge in [0.2, 0.25) is 5.91 Å². The number of unbranched alkanes of at least 4 members (excludes halogenated alkanes) is 53. The number of ether oxygens (including phenoxy) is 2. The molecule has 0 radical (unpaired) electrons. The Balaban J connectivity index is 2.17. The van der Waals surface area contributed by atoms with Crippen LogP contribution in [0.1, 0.15) is 386 Å². The highest BCUT2D eigenvalue weighted by atomic mass is 16.7. The molecule has 9 atom stereocenters. The fourth-order valence-electron chi connectivity index (χ4n) is 12.6. The van der Waals surface area contributed by atoms with E-state index in [4.69, 9.17) is 9.47 Å². The number of rotatable bonds is 67. The van der Waals surface area contributed by atoms with Gasteiger partial charge in [-0.15, -0.1) is 0 Å². The van der Waals surface area contributed by atoms with Gasteiger partial charge in [-0.2, -0.15) is 0 Å². The summed E-state index contributed by atoms with van der Waals surface area (Å²) in [5.74, 6) is -0.697. The minimum absolute atomic E-state index is 0.260. The molecule has 0 spiro atoms. The van der Waals surface area contributed by atoms with Gasteiger partial charge in [0.05, 0.1) is 25.4 Å². The van der Waals surface area contributed by atoms with Gasteiger partial charge in [0, 0.05) is 0 Å². The van der Waals surface area contributed by atoms with Crippen molar-refractivity contribution in [2.45, 2.75) is 441 Å². The Hall–Kier alpha value is -1.15. The second-order valence-corrected chi connectivity index (χ2v) is 26.7. The maximum atomic E-state index is 13.3. The molecule has 1 amide bonds. The highest BCUT2D eigenvalue weighted by molar-refractivity contribution is 5.80. The second kappa shape index (κ2) is 63.0. The van der Waals surface area contributed by atoms with Crippen molar-refractivity contribution < 1.29 is 50.0 Å². The van der Waals surface area contributed by atoms with E-state index in [9.17, 15) is 40.5 Å². The summed E-state index contributed by atoms with van der Waals surface area (Å²) in [6, 6.07) is -1.18. The normalized spacial score (nSPS) is 18.8. The molecule has 9 unspecified atom stereocenters. The number of amides is 1. The first-order chi connectivity index (χ1) is 41.7. The number of aliphatic hydroxyl groups excluding tert-OH is 7. The summed E-state index contributed by atoms with van der Waals surface area (Å²) in [6.07, 6.45) is 67.5. The molecule has 85 heavy (non-hydrogen) atoms. The van der Waals surface area contributed by atoms with E-state index >= 15 is 0 Å². The van der Waals surface area contributed by atoms with E-state index in [0.29, 0.717) is 12.8 Å². The van der Waals surface area contributed by atoms with E-state index in [-0.39, 0.29) is 12.8 Å². The van der Waals surface area contributed by atoms with E-state index < -0.39 is 74.2 Å². The van der Waals surface area contributed by atoms with Gasteiger partial charge in [-0.1, -0.05) is 360 Å². The van der Waals surface area contributed by atoms with Gasteiger partial charge in [0.1, 0.15) is 36.6 Å². The molecule has 506 valence electrons. The number of aliphatic hydroxyl groups is 7. The van der Waals surface area contributed by atoms with E-state index in [1.54, 1.807) is 0 Å². The summed E-state index contributed by atoms with van der Waals surface area (Å²) in [4.78, 5) is 13.3. The molecular formula is C74H145NO10. The smallest absolute Gasteiger partial charge is 0.249 e. The van der Waals surface area contributed by atoms with Gasteiger partial charge >= 0.3 is 0 Å². The minimum atomic E-state index is -1.67. The van der Waals surface area contributed by atoms with Crippen LogP contribution < -0.4 is 5.32 Å². The van der Waals surface area contributed by atoms with Crippen molar-refractivity contribution in [1.82, 2.24) is 5.32 Å². The maximum absolute atomic E-state index is 13.3. The summed E-state index contributed by atoms with van der Waals surface area (Å²) in [6.45, 7) is 3.52. The monoisotopic (exact) mass is 1210 g/mol. The number of carbonyl (C=O) groups excluding carboxylic acids is 1. The van der Waals surface area contributed by atoms with Crippen LogP contribution in [0, 0.1) is 0 Å². The molecule has 8 N–H and O–H groups in total. The lowest BCUT2D eigenvalue weighted by Crippen LogP contribution is -2.60. The molecule has 1 aliphatic heterocycles. The van der Waals surface area contributed by atoms with Gasteiger partial charge in [-0.25, -0.2) is 0 Å². The molecule has 0 saturated carbocycles. The first-order valence-corrected chi connectivity index (χ1v) is 37.6. The lowest BCUT2D eigenvalue weighted by atomic mass is 9.98. The van der Waals surface area contributed by atoms with Crippen molar-refractivity contribution in [2.24, 2.45) is 0 Å². The number of hydrogen-bond donors (Lipinski definition) is 8. The van der Waals surface area contributed by atoms with Crippen LogP contribution in [0.4, 0.5) is 0 Å². The molecular weight excluding hydrogens is 1060 g/mol. The van der Waals surface area contributed by atoms with Gasteiger partial charge < -0.3 is 50.5 Å². The number of allylic oxidation sites excluding steroid dienone is 2. The summed E-state index contributed by atoms with van der Waals surface area (Å²) in [5.41, 5.74) is 0. The van der Waals surface area contributed by atoms with Crippen LogP contribution in [0.15, 0.2) is 12.2 Å². The van der Waals surface area contributed by atoms with Crippen LogP contribution in [-0.2, 0) is 14.3 Å². The number of hydrogen-bond acceptors (Lipinski definition) is 10. The Kier molecular flexibility index (Phi) is 60.7. The maximum Gasteiger partial charge on any atom is 0.249 e. The van der Waals surface area contributed by atoms with Crippen molar-refractivity contribution >= 4 is 5.91 Å². The third-order valence-electron chi connectivity index (χ3n) is 18.6. The van der Waals surface area contributed by atoms with Crippen LogP contribution in [0.5, 0.6) is 0 Å². The van der Waals surface area contributed by atoms with Crippen molar-refractivity contribution in [3.63, 3.8) is 0 Å². The Morgan fingerprint density at radius 1 is 0.400 bits per heavy atom. The quantitative estimate of drug-likeness (QED) is 0.0215. The SMILES string of the molecule is CCCCCCCCCCCCCCCCCCCCCCCCCCCC/C=C/CCCC(O)C(O)C(COC1OC(CO)C(O)C(O)C1O)NC(=O)C(O)CCCCCCCCCCCCCCCCCCCCCCCCCCCCC. The second-order valence-electron chi connectivity index (χ2n) is 26.7. The zero-order chi connectivity index (χ0) is 61.7. The largest absolute Gasteiger partial charge is 0.394 e. The fraction of sp³-hybridized carbons (Fsp3) is 0.959. The molecule has 0 aromatic rings. The Labute approximate surface area is 525 Å². The van der Waals surface area contributed by atoms with E-state index in [2.05, 4.69) is 31.3 Å². The standard InChI is InChI=1S/C74H145NO10/c1-3-5-7-9-11-13-15-17-19-21-23-25-27-29-31-32-33-34-36-37-39-41-43-45-47-49-51-53-55-57-59-61-66(77)69(79)65(64-84-74-72(82)71(81)70(80)68(63-76)85-74)75-73(83)67(78)62-60-58-56-54-52-50-48-46-44-42-40-38-35-30-28-26-24-22-20-18-16-14-12-10-8-6-4-2/h53,55,65-72,74,76-82H,3-52,54,56-64H2,1-2H3,(H,75,83)/b55-53+. The summed E-state index contributed by atoms with van der Waals surface area (Å²) >= 11 is 0. The Morgan fingerprint density at radius 2 is 0.694 bits per heavy atom. The highest BCUT2D eigenvalue weighted by Gasteiger charge is 2.44. The first kappa shape index (κ1) is 81.9. The van der Waals surface area contributed by atoms with Crippen LogP contribution in [0.2, 0.25) is 0 Å². The number of nitrogens with one attached hydrogen (secondary N) is 1. The summed E-state index contributed by atoms with van der Waals surface area (Å²) < 4.78 is 11.2. The first-order valence-electron chi connectivity index (χ1n) is 37.6.